The Kier molecular flexibility index (Phi) is 2.83. The molecule has 0 saturated carbocycles. The lowest BCUT2D eigenvalue weighted by Gasteiger charge is -2.05. The number of aromatic carboxylic acids is 1. The van der Waals surface area contributed by atoms with Crippen molar-refractivity contribution in [3.63, 3.8) is 0 Å². The zero-order valence-electron chi connectivity index (χ0n) is 10.1. The molecule has 0 aliphatic carbocycles. The predicted octanol–water partition coefficient (Wildman–Crippen LogP) is 2.09. The van der Waals surface area contributed by atoms with E-state index in [1.54, 1.807) is 6.07 Å². The summed E-state index contributed by atoms with van der Waals surface area (Å²) in [5, 5.41) is 14.1. The monoisotopic (exact) mass is 233 g/mol. The normalized spacial score (nSPS) is 11.3. The molecule has 0 bridgehead atoms. The molecule has 2 aromatic heterocycles. The van der Waals surface area contributed by atoms with E-state index in [0.29, 0.717) is 5.92 Å². The highest BCUT2D eigenvalue weighted by Gasteiger charge is 2.12. The van der Waals surface area contributed by atoms with Gasteiger partial charge in [-0.05, 0) is 18.9 Å². The third kappa shape index (κ3) is 2.13. The summed E-state index contributed by atoms with van der Waals surface area (Å²) in [4.78, 5) is 15.1. The van der Waals surface area contributed by atoms with E-state index in [9.17, 15) is 4.79 Å². The van der Waals surface area contributed by atoms with Crippen LogP contribution in [0.3, 0.4) is 0 Å². The fourth-order valence-corrected chi connectivity index (χ4v) is 1.80. The van der Waals surface area contributed by atoms with Gasteiger partial charge in [0.15, 0.2) is 5.65 Å². The molecule has 0 spiro atoms. The first-order chi connectivity index (χ1) is 7.99. The molecule has 0 aliphatic rings. The quantitative estimate of drug-likeness (QED) is 0.881. The van der Waals surface area contributed by atoms with Crippen LogP contribution in [0.15, 0.2) is 12.3 Å². The third-order valence-corrected chi connectivity index (χ3v) is 2.56. The van der Waals surface area contributed by atoms with Gasteiger partial charge in [-0.1, -0.05) is 13.8 Å². The summed E-state index contributed by atoms with van der Waals surface area (Å²) in [5.41, 5.74) is 1.77. The van der Waals surface area contributed by atoms with E-state index >= 15 is 0 Å². The highest BCUT2D eigenvalue weighted by atomic mass is 16.4. The van der Waals surface area contributed by atoms with Crippen molar-refractivity contribution in [3.8, 4) is 0 Å². The van der Waals surface area contributed by atoms with Crippen molar-refractivity contribution in [1.29, 1.82) is 0 Å². The van der Waals surface area contributed by atoms with Gasteiger partial charge in [-0.3, -0.25) is 0 Å². The van der Waals surface area contributed by atoms with Gasteiger partial charge >= 0.3 is 5.97 Å². The molecule has 0 atom stereocenters. The van der Waals surface area contributed by atoms with E-state index in [-0.39, 0.29) is 5.56 Å². The summed E-state index contributed by atoms with van der Waals surface area (Å²) in [6, 6.07) is 1.63. The summed E-state index contributed by atoms with van der Waals surface area (Å²) in [7, 11) is 0. The summed E-state index contributed by atoms with van der Waals surface area (Å²) < 4.78 is 1.83. The van der Waals surface area contributed by atoms with E-state index in [1.165, 1.54) is 6.20 Å². The van der Waals surface area contributed by atoms with Gasteiger partial charge in [-0.2, -0.15) is 5.10 Å². The molecule has 2 aromatic rings. The van der Waals surface area contributed by atoms with Crippen LogP contribution in [0.1, 0.15) is 29.9 Å². The van der Waals surface area contributed by atoms with Crippen LogP contribution in [0.2, 0.25) is 0 Å². The largest absolute Gasteiger partial charge is 0.478 e. The molecule has 17 heavy (non-hydrogen) atoms. The maximum absolute atomic E-state index is 10.9. The van der Waals surface area contributed by atoms with Crippen molar-refractivity contribution in [1.82, 2.24) is 14.8 Å². The van der Waals surface area contributed by atoms with Gasteiger partial charge in [-0.15, -0.1) is 0 Å². The minimum Gasteiger partial charge on any atom is -0.478 e. The summed E-state index contributed by atoms with van der Waals surface area (Å²) in [5.74, 6) is -0.492. The zero-order chi connectivity index (χ0) is 12.6. The number of carboxylic acids is 1. The van der Waals surface area contributed by atoms with E-state index in [4.69, 9.17) is 5.11 Å². The van der Waals surface area contributed by atoms with E-state index in [2.05, 4.69) is 23.9 Å². The van der Waals surface area contributed by atoms with E-state index < -0.39 is 5.97 Å². The van der Waals surface area contributed by atoms with Gasteiger partial charge in [0.2, 0.25) is 0 Å². The van der Waals surface area contributed by atoms with Gasteiger partial charge < -0.3 is 5.11 Å². The van der Waals surface area contributed by atoms with Crippen molar-refractivity contribution in [2.45, 2.75) is 27.3 Å². The lowest BCUT2D eigenvalue weighted by Crippen LogP contribution is -2.07. The third-order valence-electron chi connectivity index (χ3n) is 2.56. The summed E-state index contributed by atoms with van der Waals surface area (Å²) in [6.07, 6.45) is 1.38. The molecule has 0 fully saturated rings. The second-order valence-electron chi connectivity index (χ2n) is 4.56. The Labute approximate surface area is 99.1 Å². The van der Waals surface area contributed by atoms with Crippen LogP contribution in [0.5, 0.6) is 0 Å². The average Bonchev–Trinajstić information content (AvgIpc) is 2.54. The minimum atomic E-state index is -0.963. The number of aryl methyl sites for hydroxylation is 1. The Morgan fingerprint density at radius 1 is 1.53 bits per heavy atom. The Balaban J connectivity index is 2.57. The molecule has 5 heteroatoms. The van der Waals surface area contributed by atoms with Gasteiger partial charge in [0, 0.05) is 18.1 Å². The van der Waals surface area contributed by atoms with Crippen molar-refractivity contribution in [2.24, 2.45) is 5.92 Å². The van der Waals surface area contributed by atoms with Gasteiger partial charge in [0.05, 0.1) is 11.3 Å². The number of aromatic nitrogens is 3. The number of nitrogens with zero attached hydrogens (tertiary/aromatic N) is 3. The number of pyridine rings is 1. The molecule has 0 aliphatic heterocycles. The Hall–Kier alpha value is -1.91. The van der Waals surface area contributed by atoms with Crippen LogP contribution in [-0.2, 0) is 6.54 Å². The molecule has 1 N–H and O–H groups in total. The topological polar surface area (TPSA) is 68.0 Å². The maximum atomic E-state index is 10.9. The summed E-state index contributed by atoms with van der Waals surface area (Å²) >= 11 is 0. The molecular weight excluding hydrogens is 218 g/mol. The number of hydrogen-bond donors (Lipinski definition) is 1. The molecule has 2 rings (SSSR count). The maximum Gasteiger partial charge on any atom is 0.337 e. The Morgan fingerprint density at radius 2 is 2.24 bits per heavy atom. The smallest absolute Gasteiger partial charge is 0.337 e. The van der Waals surface area contributed by atoms with Crippen LogP contribution in [0, 0.1) is 12.8 Å². The standard InChI is InChI=1S/C12H15N3O2/c1-7(2)6-15-11-10(8(3)14-15)4-9(5-13-11)12(16)17/h4-5,7H,6H2,1-3H3,(H,16,17). The first-order valence-electron chi connectivity index (χ1n) is 5.55. The molecule has 0 saturated heterocycles. The van der Waals surface area contributed by atoms with Crippen molar-refractivity contribution < 1.29 is 9.90 Å². The summed E-state index contributed by atoms with van der Waals surface area (Å²) in [6.45, 7) is 6.86. The number of carboxylic acid groups (broad SMARTS) is 1. The molecule has 0 aromatic carbocycles. The van der Waals surface area contributed by atoms with E-state index in [0.717, 1.165) is 23.3 Å². The van der Waals surface area contributed by atoms with Crippen molar-refractivity contribution in [2.75, 3.05) is 0 Å². The zero-order valence-corrected chi connectivity index (χ0v) is 10.1. The highest BCUT2D eigenvalue weighted by Crippen LogP contribution is 2.18. The number of rotatable bonds is 3. The molecule has 5 nitrogen and oxygen atoms in total. The van der Waals surface area contributed by atoms with Crippen LogP contribution in [0.25, 0.3) is 11.0 Å². The fourth-order valence-electron chi connectivity index (χ4n) is 1.80. The van der Waals surface area contributed by atoms with Gasteiger partial charge in [0.1, 0.15) is 0 Å². The minimum absolute atomic E-state index is 0.199. The molecule has 0 radical (unpaired) electrons. The van der Waals surface area contributed by atoms with Gasteiger partial charge in [-0.25, -0.2) is 14.5 Å². The highest BCUT2D eigenvalue weighted by molar-refractivity contribution is 5.92. The first kappa shape index (κ1) is 11.6. The average molecular weight is 233 g/mol. The second-order valence-corrected chi connectivity index (χ2v) is 4.56. The second kappa shape index (κ2) is 4.16. The van der Waals surface area contributed by atoms with Crippen LogP contribution < -0.4 is 0 Å². The van der Waals surface area contributed by atoms with Crippen molar-refractivity contribution >= 4 is 17.0 Å². The van der Waals surface area contributed by atoms with Crippen LogP contribution >= 0.6 is 0 Å². The van der Waals surface area contributed by atoms with Crippen molar-refractivity contribution in [3.05, 3.63) is 23.5 Å². The molecule has 0 amide bonds. The lowest BCUT2D eigenvalue weighted by molar-refractivity contribution is 0.0696. The predicted molar refractivity (Wildman–Crippen MR) is 64.1 cm³/mol. The lowest BCUT2D eigenvalue weighted by atomic mass is 10.2. The molecule has 90 valence electrons. The van der Waals surface area contributed by atoms with Crippen LogP contribution in [0.4, 0.5) is 0 Å². The van der Waals surface area contributed by atoms with Gasteiger partial charge in [0.25, 0.3) is 0 Å². The Morgan fingerprint density at radius 3 is 2.82 bits per heavy atom. The fraction of sp³-hybridized carbons (Fsp3) is 0.417. The molecular formula is C12H15N3O2. The SMILES string of the molecule is Cc1nn(CC(C)C)c2ncc(C(=O)O)cc12. The number of fused-ring (bicyclic) bond motifs is 1. The van der Waals surface area contributed by atoms with Crippen LogP contribution in [-0.4, -0.2) is 25.8 Å². The Bertz CT molecular complexity index is 572. The first-order valence-corrected chi connectivity index (χ1v) is 5.55. The number of carbonyl (C=O) groups is 1. The number of hydrogen-bond acceptors (Lipinski definition) is 3. The van der Waals surface area contributed by atoms with E-state index in [1.807, 2.05) is 11.6 Å². The molecule has 0 unspecified atom stereocenters. The molecule has 2 heterocycles.